The van der Waals surface area contributed by atoms with E-state index in [-0.39, 0.29) is 37.6 Å². The average Bonchev–Trinajstić information content (AvgIpc) is 2.93. The number of amides is 2. The van der Waals surface area contributed by atoms with Crippen LogP contribution in [0.15, 0.2) is 48.2 Å². The molecule has 1 aliphatic heterocycles. The van der Waals surface area contributed by atoms with Gasteiger partial charge in [-0.25, -0.2) is 4.39 Å². The topological polar surface area (TPSA) is 70.1 Å². The quantitative estimate of drug-likeness (QED) is 0.675. The number of carbonyl (C=O) groups excluding carboxylic acids is 2. The number of hydrogen-bond donors (Lipinski definition) is 1. The lowest BCUT2D eigenvalue weighted by Crippen LogP contribution is -2.37. The van der Waals surface area contributed by atoms with Crippen LogP contribution in [0.25, 0.3) is 5.57 Å². The molecule has 0 aliphatic carbocycles. The number of aliphatic hydroxyl groups excluding tert-OH is 1. The van der Waals surface area contributed by atoms with Crippen LogP contribution in [0, 0.1) is 19.7 Å². The predicted octanol–water partition coefficient (Wildman–Crippen LogP) is 2.53. The minimum atomic E-state index is -0.463. The van der Waals surface area contributed by atoms with E-state index in [4.69, 9.17) is 4.74 Å². The Morgan fingerprint density at radius 1 is 1.03 bits per heavy atom. The van der Waals surface area contributed by atoms with Crippen LogP contribution in [0.2, 0.25) is 0 Å². The van der Waals surface area contributed by atoms with Gasteiger partial charge in [0.25, 0.3) is 11.8 Å². The number of rotatable bonds is 8. The van der Waals surface area contributed by atoms with Gasteiger partial charge in [0, 0.05) is 13.6 Å². The van der Waals surface area contributed by atoms with E-state index in [0.717, 1.165) is 16.0 Å². The second kappa shape index (κ2) is 9.09. The molecule has 0 saturated carbocycles. The van der Waals surface area contributed by atoms with Crippen molar-refractivity contribution >= 4 is 17.4 Å². The Morgan fingerprint density at radius 2 is 1.67 bits per heavy atom. The molecular formula is C23H25FN2O4. The Labute approximate surface area is 175 Å². The normalized spacial score (nSPS) is 14.0. The lowest BCUT2D eigenvalue weighted by Gasteiger charge is -2.20. The maximum Gasteiger partial charge on any atom is 0.277 e. The van der Waals surface area contributed by atoms with Crippen LogP contribution in [-0.2, 0) is 9.59 Å². The molecule has 0 spiro atoms. The first-order valence-corrected chi connectivity index (χ1v) is 9.71. The fourth-order valence-corrected chi connectivity index (χ4v) is 3.53. The molecule has 1 heterocycles. The van der Waals surface area contributed by atoms with E-state index in [2.05, 4.69) is 0 Å². The first-order valence-electron chi connectivity index (χ1n) is 9.71. The van der Waals surface area contributed by atoms with Gasteiger partial charge >= 0.3 is 0 Å². The molecule has 30 heavy (non-hydrogen) atoms. The number of carbonyl (C=O) groups is 2. The summed E-state index contributed by atoms with van der Waals surface area (Å²) in [6.07, 6.45) is 0. The van der Waals surface area contributed by atoms with Crippen LogP contribution in [0.1, 0.15) is 16.7 Å². The Hall–Kier alpha value is -3.19. The van der Waals surface area contributed by atoms with Crippen molar-refractivity contribution in [2.75, 3.05) is 33.4 Å². The van der Waals surface area contributed by atoms with Gasteiger partial charge < -0.3 is 14.7 Å². The van der Waals surface area contributed by atoms with E-state index in [1.165, 1.54) is 24.3 Å². The first-order chi connectivity index (χ1) is 14.3. The molecule has 0 saturated heterocycles. The van der Waals surface area contributed by atoms with Gasteiger partial charge in [-0.2, -0.15) is 0 Å². The minimum absolute atomic E-state index is 0.0752. The van der Waals surface area contributed by atoms with Crippen molar-refractivity contribution in [3.63, 3.8) is 0 Å². The van der Waals surface area contributed by atoms with Crippen molar-refractivity contribution in [2.24, 2.45) is 0 Å². The number of benzene rings is 2. The molecule has 2 aromatic carbocycles. The molecule has 158 valence electrons. The van der Waals surface area contributed by atoms with Gasteiger partial charge in [0.2, 0.25) is 0 Å². The maximum atomic E-state index is 13.3. The summed E-state index contributed by atoms with van der Waals surface area (Å²) in [4.78, 5) is 28.8. The number of imide groups is 1. The number of halogens is 1. The third kappa shape index (κ3) is 4.52. The zero-order valence-corrected chi connectivity index (χ0v) is 17.3. The van der Waals surface area contributed by atoms with Gasteiger partial charge in [-0.15, -0.1) is 0 Å². The minimum Gasteiger partial charge on any atom is -0.492 e. The number of ether oxygens (including phenoxy) is 1. The highest BCUT2D eigenvalue weighted by Crippen LogP contribution is 2.31. The highest BCUT2D eigenvalue weighted by atomic mass is 19.1. The molecule has 2 amide bonds. The highest BCUT2D eigenvalue weighted by Gasteiger charge is 2.40. The molecule has 1 aliphatic rings. The zero-order chi connectivity index (χ0) is 21.8. The monoisotopic (exact) mass is 412 g/mol. The number of likely N-dealkylation sites (N-methyl/N-ethyl adjacent to an activating group) is 1. The molecule has 0 atom stereocenters. The van der Waals surface area contributed by atoms with Crippen LogP contribution in [0.4, 0.5) is 4.39 Å². The first kappa shape index (κ1) is 21.5. The average molecular weight is 412 g/mol. The Kier molecular flexibility index (Phi) is 6.52. The van der Waals surface area contributed by atoms with Crippen LogP contribution in [0.3, 0.4) is 0 Å². The van der Waals surface area contributed by atoms with Gasteiger partial charge in [0.1, 0.15) is 23.9 Å². The summed E-state index contributed by atoms with van der Waals surface area (Å²) >= 11 is 0. The van der Waals surface area contributed by atoms with Crippen molar-refractivity contribution in [3.05, 3.63) is 70.7 Å². The van der Waals surface area contributed by atoms with E-state index in [0.29, 0.717) is 11.3 Å². The van der Waals surface area contributed by atoms with E-state index in [1.54, 1.807) is 11.9 Å². The number of aryl methyl sites for hydroxylation is 2. The van der Waals surface area contributed by atoms with Crippen molar-refractivity contribution in [2.45, 2.75) is 13.8 Å². The summed E-state index contributed by atoms with van der Waals surface area (Å²) in [5, 5.41) is 9.28. The van der Waals surface area contributed by atoms with Crippen LogP contribution >= 0.6 is 0 Å². The molecular weight excluding hydrogens is 387 g/mol. The molecule has 0 bridgehead atoms. The second-order valence-corrected chi connectivity index (χ2v) is 7.31. The number of nitrogens with zero attached hydrogens (tertiary/aromatic N) is 2. The molecule has 7 heteroatoms. The molecule has 0 fully saturated rings. The molecule has 0 unspecified atom stereocenters. The van der Waals surface area contributed by atoms with Crippen molar-refractivity contribution < 1.29 is 23.8 Å². The smallest absolute Gasteiger partial charge is 0.277 e. The summed E-state index contributed by atoms with van der Waals surface area (Å²) in [7, 11) is 1.63. The van der Waals surface area contributed by atoms with Gasteiger partial charge in [-0.05, 0) is 54.8 Å². The largest absolute Gasteiger partial charge is 0.492 e. The van der Waals surface area contributed by atoms with E-state index in [1.807, 2.05) is 32.0 Å². The zero-order valence-electron chi connectivity index (χ0n) is 17.3. The third-order valence-electron chi connectivity index (χ3n) is 4.87. The summed E-state index contributed by atoms with van der Waals surface area (Å²) in [6, 6.07) is 11.2. The molecule has 0 aromatic heterocycles. The SMILES string of the molecule is Cc1cc(C)cc(OCCN2C(=O)C(c3ccc(F)cc3)=C(N(C)CCO)C2=O)c1. The standard InChI is InChI=1S/C23H25FN2O4/c1-15-12-16(2)14-19(13-15)30-11-9-26-22(28)20(17-4-6-18(24)7-5-17)21(23(26)29)25(3)8-10-27/h4-7,12-14,27H,8-11H2,1-3H3. The van der Waals surface area contributed by atoms with Crippen LogP contribution < -0.4 is 4.74 Å². The summed E-state index contributed by atoms with van der Waals surface area (Å²) < 4.78 is 19.1. The van der Waals surface area contributed by atoms with E-state index < -0.39 is 17.6 Å². The van der Waals surface area contributed by atoms with Gasteiger partial charge in [0.15, 0.2) is 0 Å². The third-order valence-corrected chi connectivity index (χ3v) is 4.87. The number of hydrogen-bond acceptors (Lipinski definition) is 5. The van der Waals surface area contributed by atoms with E-state index >= 15 is 0 Å². The van der Waals surface area contributed by atoms with Gasteiger partial charge in [-0.3, -0.25) is 14.5 Å². The molecule has 0 radical (unpaired) electrons. The van der Waals surface area contributed by atoms with Crippen LogP contribution in [-0.4, -0.2) is 60.1 Å². The summed E-state index contributed by atoms with van der Waals surface area (Å²) in [6.45, 7) is 4.17. The molecule has 2 aromatic rings. The highest BCUT2D eigenvalue weighted by molar-refractivity contribution is 6.35. The van der Waals surface area contributed by atoms with Gasteiger partial charge in [-0.1, -0.05) is 18.2 Å². The van der Waals surface area contributed by atoms with Crippen molar-refractivity contribution in [1.29, 1.82) is 0 Å². The Bertz CT molecular complexity index is 965. The predicted molar refractivity (Wildman–Crippen MR) is 111 cm³/mol. The van der Waals surface area contributed by atoms with Crippen LogP contribution in [0.5, 0.6) is 5.75 Å². The van der Waals surface area contributed by atoms with Crippen molar-refractivity contribution in [3.8, 4) is 5.75 Å². The number of aliphatic hydroxyl groups is 1. The molecule has 1 N–H and O–H groups in total. The molecule has 6 nitrogen and oxygen atoms in total. The fourth-order valence-electron chi connectivity index (χ4n) is 3.53. The second-order valence-electron chi connectivity index (χ2n) is 7.31. The van der Waals surface area contributed by atoms with Crippen molar-refractivity contribution in [1.82, 2.24) is 9.80 Å². The summed E-state index contributed by atoms with van der Waals surface area (Å²) in [5.41, 5.74) is 2.96. The lowest BCUT2D eigenvalue weighted by atomic mass is 10.0. The van der Waals surface area contributed by atoms with Gasteiger partial charge in [0.05, 0.1) is 18.7 Å². The Morgan fingerprint density at radius 3 is 2.27 bits per heavy atom. The van der Waals surface area contributed by atoms with E-state index in [9.17, 15) is 19.1 Å². The lowest BCUT2D eigenvalue weighted by molar-refractivity contribution is -0.137. The molecule has 3 rings (SSSR count). The Balaban J connectivity index is 1.81. The maximum absolute atomic E-state index is 13.3. The fraction of sp³-hybridized carbons (Fsp3) is 0.304. The summed E-state index contributed by atoms with van der Waals surface area (Å²) in [5.74, 6) is -0.675.